The summed E-state index contributed by atoms with van der Waals surface area (Å²) >= 11 is 3.50. The molecule has 0 unspecified atom stereocenters. The van der Waals surface area contributed by atoms with Gasteiger partial charge < -0.3 is 35.6 Å². The van der Waals surface area contributed by atoms with E-state index < -0.39 is 0 Å². The first-order valence-electron chi connectivity index (χ1n) is 23.5. The SMILES string of the molecule is O=C(NCC1CCOCC1)c1ncccc1NC(=O)c1ccc(CBr)c2ccccc12.O=C(NCC1CCOCC1)c1ncccc1NC(=O)c1ccc(COn2nnc3cccnc32)c2ccccc12. The third-order valence-electron chi connectivity index (χ3n) is 12.5. The van der Waals surface area contributed by atoms with Gasteiger partial charge in [0.1, 0.15) is 12.1 Å². The molecule has 10 rings (SSSR count). The minimum Gasteiger partial charge on any atom is -0.389 e. The lowest BCUT2D eigenvalue weighted by atomic mass is 9.99. The molecule has 0 bridgehead atoms. The molecule has 2 aliphatic rings. The number of benzene rings is 4. The smallest absolute Gasteiger partial charge is 0.272 e. The van der Waals surface area contributed by atoms with E-state index in [2.05, 4.69) is 62.5 Å². The standard InChI is InChI=1S/C29H27N7O4.C24H24BrN3O3/c37-28(33-24-7-3-13-30-26(24)29(38)32-17-19-11-15-39-16-12-19)23-10-9-20(21-5-1-2-6-22(21)23)18-40-36-27-25(34-35-36)8-4-14-31-27;25-14-17-7-8-20(19-5-2-1-4-18(17)19)23(29)28-21-6-3-11-26-22(21)24(30)27-15-16-9-12-31-13-10-16/h1-10,13-14,19H,11-12,15-18H2,(H,32,38)(H,33,37);1-8,11,16H,9-10,12-15H2,(H,27,30)(H,28,29). The van der Waals surface area contributed by atoms with Gasteiger partial charge in [-0.2, -0.15) is 0 Å². The molecule has 4 amide bonds. The number of pyridine rings is 3. The Bertz CT molecular complexity index is 3190. The van der Waals surface area contributed by atoms with E-state index in [9.17, 15) is 19.2 Å². The number of ether oxygens (including phenoxy) is 2. The van der Waals surface area contributed by atoms with Gasteiger partial charge in [-0.15, -0.1) is 5.10 Å². The maximum absolute atomic E-state index is 13.5. The van der Waals surface area contributed by atoms with Crippen LogP contribution in [0, 0.1) is 11.8 Å². The van der Waals surface area contributed by atoms with E-state index in [0.717, 1.165) is 71.6 Å². The molecule has 18 heteroatoms. The summed E-state index contributed by atoms with van der Waals surface area (Å²) in [6.07, 6.45) is 8.43. The molecular weight excluding hydrogens is 969 g/mol. The van der Waals surface area contributed by atoms with Gasteiger partial charge in [-0.25, -0.2) is 15.0 Å². The van der Waals surface area contributed by atoms with Crippen molar-refractivity contribution in [3.05, 3.63) is 161 Å². The Kier molecular flexibility index (Phi) is 15.9. The summed E-state index contributed by atoms with van der Waals surface area (Å²) in [5, 5.41) is 24.0. The van der Waals surface area contributed by atoms with Crippen LogP contribution in [-0.2, 0) is 21.4 Å². The summed E-state index contributed by atoms with van der Waals surface area (Å²) in [7, 11) is 0. The molecule has 17 nitrogen and oxygen atoms in total. The zero-order valence-electron chi connectivity index (χ0n) is 38.7. The number of alkyl halides is 1. The van der Waals surface area contributed by atoms with Gasteiger partial charge in [0.15, 0.2) is 11.4 Å². The number of carbonyl (C=O) groups is 4. The molecule has 362 valence electrons. The van der Waals surface area contributed by atoms with E-state index in [1.807, 2.05) is 72.8 Å². The lowest BCUT2D eigenvalue weighted by molar-refractivity contribution is 0.0642. The molecule has 0 saturated carbocycles. The normalized spacial score (nSPS) is 14.0. The zero-order chi connectivity index (χ0) is 48.9. The van der Waals surface area contributed by atoms with Crippen molar-refractivity contribution in [3.8, 4) is 0 Å². The van der Waals surface area contributed by atoms with Crippen LogP contribution < -0.4 is 26.1 Å². The van der Waals surface area contributed by atoms with Crippen molar-refractivity contribution in [3.63, 3.8) is 0 Å². The quantitative estimate of drug-likeness (QED) is 0.0765. The third kappa shape index (κ3) is 11.7. The molecule has 8 aromatic rings. The van der Waals surface area contributed by atoms with Crippen molar-refractivity contribution in [2.24, 2.45) is 11.8 Å². The largest absolute Gasteiger partial charge is 0.389 e. The number of amides is 4. The van der Waals surface area contributed by atoms with Gasteiger partial charge in [-0.05, 0) is 124 Å². The van der Waals surface area contributed by atoms with Crippen molar-refractivity contribution >= 4 is 83.6 Å². The molecule has 4 aromatic heterocycles. The number of nitrogens with one attached hydrogen (secondary N) is 4. The van der Waals surface area contributed by atoms with Crippen LogP contribution in [0.1, 0.15) is 78.5 Å². The first-order valence-corrected chi connectivity index (χ1v) is 24.6. The lowest BCUT2D eigenvalue weighted by Crippen LogP contribution is -2.33. The van der Waals surface area contributed by atoms with E-state index in [-0.39, 0.29) is 41.6 Å². The molecule has 4 N–H and O–H groups in total. The van der Waals surface area contributed by atoms with Crippen molar-refractivity contribution in [1.29, 1.82) is 0 Å². The van der Waals surface area contributed by atoms with Gasteiger partial charge in [0.2, 0.25) is 5.65 Å². The minimum absolute atomic E-state index is 0.172. The summed E-state index contributed by atoms with van der Waals surface area (Å²) in [6.45, 7) is 4.18. The van der Waals surface area contributed by atoms with Crippen LogP contribution in [0.25, 0.3) is 32.7 Å². The van der Waals surface area contributed by atoms with Crippen LogP contribution in [0.15, 0.2) is 128 Å². The maximum Gasteiger partial charge on any atom is 0.272 e. The zero-order valence-corrected chi connectivity index (χ0v) is 40.3. The number of nitrogens with zero attached hydrogens (tertiary/aromatic N) is 6. The second kappa shape index (κ2) is 23.3. The van der Waals surface area contributed by atoms with Crippen molar-refractivity contribution in [2.45, 2.75) is 37.6 Å². The van der Waals surface area contributed by atoms with Crippen LogP contribution in [0.2, 0.25) is 0 Å². The topological polar surface area (TPSA) is 213 Å². The molecule has 2 saturated heterocycles. The van der Waals surface area contributed by atoms with E-state index in [4.69, 9.17) is 14.3 Å². The summed E-state index contributed by atoms with van der Waals surface area (Å²) in [4.78, 5) is 72.2. The summed E-state index contributed by atoms with van der Waals surface area (Å²) in [6, 6.07) is 33.1. The highest BCUT2D eigenvalue weighted by Gasteiger charge is 2.22. The molecular formula is C53H51BrN10O7. The van der Waals surface area contributed by atoms with Crippen LogP contribution in [0.5, 0.6) is 0 Å². The fourth-order valence-electron chi connectivity index (χ4n) is 8.62. The van der Waals surface area contributed by atoms with E-state index in [1.54, 1.807) is 48.8 Å². The highest BCUT2D eigenvalue weighted by molar-refractivity contribution is 9.08. The van der Waals surface area contributed by atoms with Gasteiger partial charge in [0, 0.05) is 74.6 Å². The van der Waals surface area contributed by atoms with E-state index in [0.29, 0.717) is 77.1 Å². The first kappa shape index (κ1) is 48.4. The molecule has 0 aliphatic carbocycles. The fourth-order valence-corrected chi connectivity index (χ4v) is 9.11. The second-order valence-electron chi connectivity index (χ2n) is 17.1. The Morgan fingerprint density at radius 2 is 1.04 bits per heavy atom. The Morgan fingerprint density at radius 3 is 1.58 bits per heavy atom. The second-order valence-corrected chi connectivity index (χ2v) is 17.7. The molecule has 0 spiro atoms. The molecule has 71 heavy (non-hydrogen) atoms. The number of hydrogen-bond donors (Lipinski definition) is 4. The monoisotopic (exact) mass is 1020 g/mol. The number of carbonyl (C=O) groups excluding carboxylic acids is 4. The number of anilines is 2. The molecule has 4 aromatic carbocycles. The van der Waals surface area contributed by atoms with Gasteiger partial charge >= 0.3 is 0 Å². The minimum atomic E-state index is -0.346. The summed E-state index contributed by atoms with van der Waals surface area (Å²) in [5.41, 5.74) is 5.27. The summed E-state index contributed by atoms with van der Waals surface area (Å²) in [5.74, 6) is -0.464. The Labute approximate surface area is 417 Å². The maximum atomic E-state index is 13.5. The van der Waals surface area contributed by atoms with Crippen LogP contribution >= 0.6 is 15.9 Å². The van der Waals surface area contributed by atoms with E-state index >= 15 is 0 Å². The Balaban J connectivity index is 0.000000182. The number of hydrogen-bond acceptors (Lipinski definition) is 12. The van der Waals surface area contributed by atoms with Gasteiger partial charge in [-0.3, -0.25) is 19.2 Å². The first-order chi connectivity index (χ1) is 34.8. The summed E-state index contributed by atoms with van der Waals surface area (Å²) < 4.78 is 10.8. The highest BCUT2D eigenvalue weighted by atomic mass is 79.9. The number of halogens is 1. The number of fused-ring (bicyclic) bond motifs is 3. The van der Waals surface area contributed by atoms with Crippen molar-refractivity contribution in [1.82, 2.24) is 40.7 Å². The van der Waals surface area contributed by atoms with Crippen molar-refractivity contribution < 1.29 is 33.5 Å². The van der Waals surface area contributed by atoms with Crippen LogP contribution in [-0.4, -0.2) is 93.3 Å². The van der Waals surface area contributed by atoms with Crippen LogP contribution in [0.3, 0.4) is 0 Å². The van der Waals surface area contributed by atoms with Gasteiger partial charge in [0.05, 0.1) is 11.4 Å². The Hall–Kier alpha value is -7.67. The van der Waals surface area contributed by atoms with Crippen molar-refractivity contribution in [2.75, 3.05) is 50.2 Å². The Morgan fingerprint density at radius 1 is 0.563 bits per heavy atom. The van der Waals surface area contributed by atoms with Gasteiger partial charge in [-0.1, -0.05) is 81.4 Å². The van der Waals surface area contributed by atoms with Crippen LogP contribution in [0.4, 0.5) is 11.4 Å². The van der Waals surface area contributed by atoms with E-state index in [1.165, 1.54) is 11.0 Å². The van der Waals surface area contributed by atoms with Gasteiger partial charge in [0.25, 0.3) is 23.6 Å². The molecule has 6 heterocycles. The predicted molar refractivity (Wildman–Crippen MR) is 272 cm³/mol. The average Bonchev–Trinajstić information content (AvgIpc) is 3.84. The predicted octanol–water partition coefficient (Wildman–Crippen LogP) is 7.95. The average molecular weight is 1020 g/mol. The molecule has 2 aliphatic heterocycles. The molecule has 0 atom stereocenters. The number of rotatable bonds is 14. The fraction of sp³-hybridized carbons (Fsp3) is 0.264. The lowest BCUT2D eigenvalue weighted by Gasteiger charge is -2.22. The highest BCUT2D eigenvalue weighted by Crippen LogP contribution is 2.28. The molecule has 0 radical (unpaired) electrons. The third-order valence-corrected chi connectivity index (χ3v) is 13.1. The number of aromatic nitrogens is 6. The molecule has 2 fully saturated rings.